The number of methoxy groups -OCH3 is 1. The average molecular weight is 230 g/mol. The van der Waals surface area contributed by atoms with Crippen molar-refractivity contribution in [3.05, 3.63) is 11.1 Å². The maximum atomic E-state index is 10.8. The molecule has 1 rings (SSSR count). The Morgan fingerprint density at radius 3 is 3.00 bits per heavy atom. The van der Waals surface area contributed by atoms with Crippen molar-refractivity contribution in [3.8, 4) is 0 Å². The lowest BCUT2D eigenvalue weighted by molar-refractivity contribution is -0.139. The maximum absolute atomic E-state index is 10.8. The lowest BCUT2D eigenvalue weighted by Gasteiger charge is -2.11. The predicted molar refractivity (Wildman–Crippen MR) is 58.4 cm³/mol. The topological polar surface area (TPSA) is 71.5 Å². The van der Waals surface area contributed by atoms with Gasteiger partial charge in [0, 0.05) is 12.5 Å². The molecule has 1 aromatic heterocycles. The van der Waals surface area contributed by atoms with Gasteiger partial charge in [-0.1, -0.05) is 6.92 Å². The molecule has 0 aliphatic rings. The molecule has 0 aromatic carbocycles. The van der Waals surface area contributed by atoms with Crippen LogP contribution >= 0.6 is 11.3 Å². The number of ether oxygens (including phenoxy) is 1. The van der Waals surface area contributed by atoms with Gasteiger partial charge >= 0.3 is 5.97 Å². The summed E-state index contributed by atoms with van der Waals surface area (Å²) in [7, 11) is 1.47. The van der Waals surface area contributed by atoms with Crippen molar-refractivity contribution in [1.29, 1.82) is 0 Å². The Morgan fingerprint density at radius 1 is 1.80 bits per heavy atom. The second-order valence-electron chi connectivity index (χ2n) is 2.99. The van der Waals surface area contributed by atoms with E-state index in [-0.39, 0.29) is 6.61 Å². The first-order chi connectivity index (χ1) is 7.17. The van der Waals surface area contributed by atoms with Gasteiger partial charge in [0.1, 0.15) is 6.04 Å². The number of hydrogen-bond acceptors (Lipinski definition) is 5. The number of aromatic nitrogens is 1. The summed E-state index contributed by atoms with van der Waals surface area (Å²) in [5, 5.41) is 14.2. The van der Waals surface area contributed by atoms with Crippen molar-refractivity contribution in [1.82, 2.24) is 4.98 Å². The molecule has 15 heavy (non-hydrogen) atoms. The third kappa shape index (κ3) is 3.49. The van der Waals surface area contributed by atoms with Crippen molar-refractivity contribution < 1.29 is 14.6 Å². The van der Waals surface area contributed by atoms with Gasteiger partial charge in [-0.15, -0.1) is 11.3 Å². The van der Waals surface area contributed by atoms with Gasteiger partial charge in [-0.2, -0.15) is 0 Å². The molecule has 6 heteroatoms. The van der Waals surface area contributed by atoms with Gasteiger partial charge in [-0.25, -0.2) is 9.78 Å². The van der Waals surface area contributed by atoms with E-state index in [9.17, 15) is 4.79 Å². The molecule has 0 radical (unpaired) electrons. The molecule has 84 valence electrons. The van der Waals surface area contributed by atoms with Crippen molar-refractivity contribution in [2.75, 3.05) is 19.0 Å². The molecule has 1 heterocycles. The van der Waals surface area contributed by atoms with Crippen LogP contribution in [0.5, 0.6) is 0 Å². The summed E-state index contributed by atoms with van der Waals surface area (Å²) in [5.74, 6) is -0.940. The normalized spacial score (nSPS) is 12.4. The van der Waals surface area contributed by atoms with E-state index in [0.29, 0.717) is 5.13 Å². The van der Waals surface area contributed by atoms with E-state index in [4.69, 9.17) is 9.84 Å². The van der Waals surface area contributed by atoms with E-state index in [2.05, 4.69) is 10.3 Å². The van der Waals surface area contributed by atoms with Gasteiger partial charge < -0.3 is 15.2 Å². The summed E-state index contributed by atoms with van der Waals surface area (Å²) in [6.45, 7) is 2.12. The van der Waals surface area contributed by atoms with E-state index in [1.165, 1.54) is 18.4 Å². The summed E-state index contributed by atoms with van der Waals surface area (Å²) in [5.41, 5.74) is 0.962. The Hall–Kier alpha value is -1.14. The zero-order valence-electron chi connectivity index (χ0n) is 8.69. The van der Waals surface area contributed by atoms with Crippen LogP contribution < -0.4 is 5.32 Å². The molecular weight excluding hydrogens is 216 g/mol. The van der Waals surface area contributed by atoms with Crippen LogP contribution in [-0.4, -0.2) is 35.8 Å². The number of nitrogens with zero attached hydrogens (tertiary/aromatic N) is 1. The van der Waals surface area contributed by atoms with E-state index < -0.39 is 12.0 Å². The fourth-order valence-corrected chi connectivity index (χ4v) is 1.87. The highest BCUT2D eigenvalue weighted by Gasteiger charge is 2.17. The number of carbonyl (C=O) groups is 1. The highest BCUT2D eigenvalue weighted by atomic mass is 32.1. The molecule has 1 unspecified atom stereocenters. The lowest BCUT2D eigenvalue weighted by atomic mass is 10.3. The minimum absolute atomic E-state index is 0.121. The van der Waals surface area contributed by atoms with Crippen LogP contribution in [0, 0.1) is 0 Å². The fourth-order valence-electron chi connectivity index (χ4n) is 1.03. The lowest BCUT2D eigenvalue weighted by Crippen LogP contribution is -2.33. The van der Waals surface area contributed by atoms with Crippen LogP contribution in [-0.2, 0) is 16.0 Å². The van der Waals surface area contributed by atoms with Gasteiger partial charge in [0.15, 0.2) is 5.13 Å². The Labute approximate surface area is 92.1 Å². The average Bonchev–Trinajstić information content (AvgIpc) is 2.65. The standard InChI is InChI=1S/C9H14N2O3S/c1-3-6-5-15-9(10-6)11-7(4-14-2)8(12)13/h5,7H,3-4H2,1-2H3,(H,10,11)(H,12,13). The van der Waals surface area contributed by atoms with E-state index in [0.717, 1.165) is 12.1 Å². The van der Waals surface area contributed by atoms with Gasteiger partial charge in [-0.3, -0.25) is 0 Å². The molecule has 0 fully saturated rings. The minimum Gasteiger partial charge on any atom is -0.480 e. The number of hydrogen-bond donors (Lipinski definition) is 2. The summed E-state index contributed by atoms with van der Waals surface area (Å²) >= 11 is 1.40. The smallest absolute Gasteiger partial charge is 0.328 e. The number of carboxylic acids is 1. The Kier molecular flexibility index (Phi) is 4.51. The van der Waals surface area contributed by atoms with E-state index in [1.807, 2.05) is 12.3 Å². The molecule has 0 saturated heterocycles. The third-order valence-electron chi connectivity index (χ3n) is 1.84. The molecule has 0 saturated carbocycles. The Bertz CT molecular complexity index is 327. The number of rotatable bonds is 6. The second kappa shape index (κ2) is 5.67. The van der Waals surface area contributed by atoms with E-state index >= 15 is 0 Å². The van der Waals surface area contributed by atoms with Crippen molar-refractivity contribution in [3.63, 3.8) is 0 Å². The number of anilines is 1. The molecule has 0 spiro atoms. The highest BCUT2D eigenvalue weighted by molar-refractivity contribution is 7.13. The summed E-state index contributed by atoms with van der Waals surface area (Å²) in [6.07, 6.45) is 0.847. The molecule has 0 amide bonds. The minimum atomic E-state index is -0.940. The molecule has 0 aliphatic carbocycles. The van der Waals surface area contributed by atoms with Crippen LogP contribution in [0.3, 0.4) is 0 Å². The number of nitrogens with one attached hydrogen (secondary N) is 1. The second-order valence-corrected chi connectivity index (χ2v) is 3.85. The van der Waals surface area contributed by atoms with E-state index in [1.54, 1.807) is 0 Å². The summed E-state index contributed by atoms with van der Waals surface area (Å²) < 4.78 is 4.80. The molecular formula is C9H14N2O3S. The molecule has 1 aromatic rings. The molecule has 1 atom stereocenters. The van der Waals surface area contributed by atoms with Crippen molar-refractivity contribution in [2.24, 2.45) is 0 Å². The number of carboxylic acid groups (broad SMARTS) is 1. The quantitative estimate of drug-likeness (QED) is 0.768. The van der Waals surface area contributed by atoms with Crippen LogP contribution in [0.2, 0.25) is 0 Å². The number of thiazole rings is 1. The molecule has 2 N–H and O–H groups in total. The Morgan fingerprint density at radius 2 is 2.53 bits per heavy atom. The van der Waals surface area contributed by atoms with Crippen LogP contribution in [0.25, 0.3) is 0 Å². The fraction of sp³-hybridized carbons (Fsp3) is 0.556. The van der Waals surface area contributed by atoms with Crippen LogP contribution in [0.15, 0.2) is 5.38 Å². The summed E-state index contributed by atoms with van der Waals surface area (Å²) in [6, 6.07) is -0.745. The largest absolute Gasteiger partial charge is 0.480 e. The highest BCUT2D eigenvalue weighted by Crippen LogP contribution is 2.16. The van der Waals surface area contributed by atoms with Gasteiger partial charge in [0.2, 0.25) is 0 Å². The molecule has 5 nitrogen and oxygen atoms in total. The molecule has 0 aliphatic heterocycles. The van der Waals surface area contributed by atoms with Crippen LogP contribution in [0.1, 0.15) is 12.6 Å². The molecule has 0 bridgehead atoms. The zero-order chi connectivity index (χ0) is 11.3. The first-order valence-corrected chi connectivity index (χ1v) is 5.48. The van der Waals surface area contributed by atoms with Crippen LogP contribution in [0.4, 0.5) is 5.13 Å². The third-order valence-corrected chi connectivity index (χ3v) is 2.67. The summed E-state index contributed by atoms with van der Waals surface area (Å²) in [4.78, 5) is 15.0. The monoisotopic (exact) mass is 230 g/mol. The zero-order valence-corrected chi connectivity index (χ0v) is 9.50. The Balaban J connectivity index is 2.61. The van der Waals surface area contributed by atoms with Gasteiger partial charge in [0.05, 0.1) is 12.3 Å². The van der Waals surface area contributed by atoms with Gasteiger partial charge in [0.25, 0.3) is 0 Å². The number of aliphatic carboxylic acids is 1. The first kappa shape index (κ1) is 11.9. The van der Waals surface area contributed by atoms with Crippen molar-refractivity contribution >= 4 is 22.4 Å². The first-order valence-electron chi connectivity index (χ1n) is 4.60. The SMILES string of the molecule is CCc1csc(NC(COC)C(=O)O)n1. The van der Waals surface area contributed by atoms with Gasteiger partial charge in [-0.05, 0) is 6.42 Å². The number of aryl methyl sites for hydroxylation is 1. The van der Waals surface area contributed by atoms with Crippen molar-refractivity contribution in [2.45, 2.75) is 19.4 Å². The predicted octanol–water partition coefficient (Wildman–Crippen LogP) is 1.22. The maximum Gasteiger partial charge on any atom is 0.328 e.